The Labute approximate surface area is 149 Å². The standard InChI is InChI=1S/C19H17FN4O2/c1-2-22-19(26)24-17-9-14-15(10-23-17)12(7-8-16(14)20)11-5-3-4-6-13(11)18(21)25/h3-10H,2H2,1H3,(H2,21,25)(H2,22,23,24,26). The first-order valence-electron chi connectivity index (χ1n) is 8.03. The van der Waals surface area contributed by atoms with Crippen LogP contribution in [0.2, 0.25) is 0 Å². The van der Waals surface area contributed by atoms with Gasteiger partial charge in [0.05, 0.1) is 0 Å². The van der Waals surface area contributed by atoms with Crippen molar-refractivity contribution in [1.29, 1.82) is 0 Å². The summed E-state index contributed by atoms with van der Waals surface area (Å²) in [6.07, 6.45) is 1.47. The van der Waals surface area contributed by atoms with Crippen molar-refractivity contribution in [3.05, 3.63) is 60.0 Å². The fourth-order valence-corrected chi connectivity index (χ4v) is 2.76. The predicted octanol–water partition coefficient (Wildman–Crippen LogP) is 3.28. The molecule has 0 aliphatic rings. The first kappa shape index (κ1) is 17.3. The molecule has 0 aliphatic carbocycles. The molecular formula is C19H17FN4O2. The molecule has 0 saturated carbocycles. The average Bonchev–Trinajstić information content (AvgIpc) is 2.62. The number of nitrogens with one attached hydrogen (secondary N) is 2. The second-order valence-corrected chi connectivity index (χ2v) is 5.60. The topological polar surface area (TPSA) is 97.1 Å². The number of rotatable bonds is 4. The lowest BCUT2D eigenvalue weighted by molar-refractivity contribution is 0.100. The van der Waals surface area contributed by atoms with Crippen molar-refractivity contribution in [3.63, 3.8) is 0 Å². The number of urea groups is 1. The number of hydrogen-bond acceptors (Lipinski definition) is 3. The highest BCUT2D eigenvalue weighted by Crippen LogP contribution is 2.33. The van der Waals surface area contributed by atoms with Crippen LogP contribution in [0.25, 0.3) is 21.9 Å². The number of benzene rings is 2. The van der Waals surface area contributed by atoms with Crippen LogP contribution in [-0.4, -0.2) is 23.5 Å². The molecule has 0 atom stereocenters. The highest BCUT2D eigenvalue weighted by atomic mass is 19.1. The molecule has 7 heteroatoms. The van der Waals surface area contributed by atoms with Gasteiger partial charge in [-0.25, -0.2) is 14.2 Å². The van der Waals surface area contributed by atoms with Crippen LogP contribution in [0, 0.1) is 5.82 Å². The Morgan fingerprint density at radius 3 is 2.62 bits per heavy atom. The number of nitrogens with zero attached hydrogens (tertiary/aromatic N) is 1. The van der Waals surface area contributed by atoms with E-state index in [9.17, 15) is 14.0 Å². The van der Waals surface area contributed by atoms with Crippen LogP contribution >= 0.6 is 0 Å². The Kier molecular flexibility index (Phi) is 4.79. The molecule has 3 rings (SSSR count). The summed E-state index contributed by atoms with van der Waals surface area (Å²) < 4.78 is 14.4. The van der Waals surface area contributed by atoms with E-state index < -0.39 is 17.8 Å². The van der Waals surface area contributed by atoms with E-state index in [0.717, 1.165) is 0 Å². The van der Waals surface area contributed by atoms with E-state index in [2.05, 4.69) is 15.6 Å². The minimum Gasteiger partial charge on any atom is -0.366 e. The Morgan fingerprint density at radius 2 is 1.88 bits per heavy atom. The zero-order chi connectivity index (χ0) is 18.7. The third kappa shape index (κ3) is 3.32. The van der Waals surface area contributed by atoms with Crippen molar-refractivity contribution in [2.45, 2.75) is 6.92 Å². The Hall–Kier alpha value is -3.48. The number of carbonyl (C=O) groups is 2. The number of nitrogens with two attached hydrogens (primary N) is 1. The van der Waals surface area contributed by atoms with Gasteiger partial charge in [-0.1, -0.05) is 24.3 Å². The zero-order valence-electron chi connectivity index (χ0n) is 14.0. The number of fused-ring (bicyclic) bond motifs is 1. The Balaban J connectivity index is 2.14. The molecule has 3 amide bonds. The lowest BCUT2D eigenvalue weighted by Crippen LogP contribution is -2.28. The van der Waals surface area contributed by atoms with Crippen LogP contribution in [0.3, 0.4) is 0 Å². The Bertz CT molecular complexity index is 1000. The minimum absolute atomic E-state index is 0.225. The number of amides is 3. The van der Waals surface area contributed by atoms with E-state index in [-0.39, 0.29) is 11.2 Å². The van der Waals surface area contributed by atoms with Gasteiger partial charge in [0.2, 0.25) is 5.91 Å². The van der Waals surface area contributed by atoms with Gasteiger partial charge < -0.3 is 11.1 Å². The van der Waals surface area contributed by atoms with Crippen LogP contribution in [0.1, 0.15) is 17.3 Å². The number of halogens is 1. The van der Waals surface area contributed by atoms with Crippen LogP contribution in [0.5, 0.6) is 0 Å². The highest BCUT2D eigenvalue weighted by Gasteiger charge is 2.15. The lowest BCUT2D eigenvalue weighted by Gasteiger charge is -2.12. The maximum atomic E-state index is 14.4. The average molecular weight is 352 g/mol. The molecule has 0 spiro atoms. The van der Waals surface area contributed by atoms with Crippen molar-refractivity contribution < 1.29 is 14.0 Å². The fraction of sp³-hybridized carbons (Fsp3) is 0.105. The summed E-state index contributed by atoms with van der Waals surface area (Å²) in [5, 5.41) is 5.92. The molecule has 0 fully saturated rings. The number of anilines is 1. The summed E-state index contributed by atoms with van der Waals surface area (Å²) in [4.78, 5) is 27.5. The SMILES string of the molecule is CCNC(=O)Nc1cc2c(F)ccc(-c3ccccc3C(N)=O)c2cn1. The molecule has 6 nitrogen and oxygen atoms in total. The van der Waals surface area contributed by atoms with Gasteiger partial charge in [-0.2, -0.15) is 0 Å². The van der Waals surface area contributed by atoms with E-state index in [4.69, 9.17) is 5.73 Å². The first-order chi connectivity index (χ1) is 12.5. The maximum absolute atomic E-state index is 14.4. The predicted molar refractivity (Wildman–Crippen MR) is 98.4 cm³/mol. The van der Waals surface area contributed by atoms with Gasteiger partial charge in [0.1, 0.15) is 11.6 Å². The summed E-state index contributed by atoms with van der Waals surface area (Å²) in [5.74, 6) is -0.801. The molecule has 26 heavy (non-hydrogen) atoms. The van der Waals surface area contributed by atoms with Crippen molar-refractivity contribution in [1.82, 2.24) is 10.3 Å². The van der Waals surface area contributed by atoms with E-state index in [1.807, 2.05) is 0 Å². The summed E-state index contributed by atoms with van der Waals surface area (Å²) in [7, 11) is 0. The van der Waals surface area contributed by atoms with Crippen LogP contribution in [0.15, 0.2) is 48.7 Å². The van der Waals surface area contributed by atoms with E-state index in [1.54, 1.807) is 37.3 Å². The molecule has 0 aliphatic heterocycles. The molecule has 0 bridgehead atoms. The quantitative estimate of drug-likeness (QED) is 0.672. The smallest absolute Gasteiger partial charge is 0.320 e. The highest BCUT2D eigenvalue weighted by molar-refractivity contribution is 6.06. The van der Waals surface area contributed by atoms with E-state index in [0.29, 0.717) is 28.6 Å². The summed E-state index contributed by atoms with van der Waals surface area (Å²) in [5.41, 5.74) is 7.01. The molecule has 132 valence electrons. The number of hydrogen-bond donors (Lipinski definition) is 3. The van der Waals surface area contributed by atoms with Gasteiger partial charge in [0, 0.05) is 29.1 Å². The third-order valence-electron chi connectivity index (χ3n) is 3.91. The van der Waals surface area contributed by atoms with Gasteiger partial charge in [0.25, 0.3) is 0 Å². The minimum atomic E-state index is -0.569. The number of carbonyl (C=O) groups excluding carboxylic acids is 2. The van der Waals surface area contributed by atoms with Crippen molar-refractivity contribution >= 4 is 28.5 Å². The van der Waals surface area contributed by atoms with Gasteiger partial charge >= 0.3 is 6.03 Å². The molecule has 1 aromatic heterocycles. The third-order valence-corrected chi connectivity index (χ3v) is 3.91. The monoisotopic (exact) mass is 352 g/mol. The normalized spacial score (nSPS) is 10.5. The van der Waals surface area contributed by atoms with E-state index >= 15 is 0 Å². The largest absolute Gasteiger partial charge is 0.366 e. The number of primary amides is 1. The van der Waals surface area contributed by atoms with Crippen LogP contribution in [0.4, 0.5) is 15.0 Å². The Morgan fingerprint density at radius 1 is 1.12 bits per heavy atom. The van der Waals surface area contributed by atoms with Gasteiger partial charge in [-0.15, -0.1) is 0 Å². The van der Waals surface area contributed by atoms with Gasteiger partial charge in [-0.3, -0.25) is 10.1 Å². The first-order valence-corrected chi connectivity index (χ1v) is 8.03. The van der Waals surface area contributed by atoms with Gasteiger partial charge in [0.15, 0.2) is 0 Å². The molecule has 1 heterocycles. The summed E-state index contributed by atoms with van der Waals surface area (Å²) in [6, 6.07) is 10.8. The molecule has 3 aromatic rings. The van der Waals surface area contributed by atoms with Crippen LogP contribution in [-0.2, 0) is 0 Å². The van der Waals surface area contributed by atoms with E-state index in [1.165, 1.54) is 18.3 Å². The lowest BCUT2D eigenvalue weighted by atomic mass is 9.95. The molecule has 0 radical (unpaired) electrons. The molecule has 0 unspecified atom stereocenters. The summed E-state index contributed by atoms with van der Waals surface area (Å²) >= 11 is 0. The zero-order valence-corrected chi connectivity index (χ0v) is 14.0. The maximum Gasteiger partial charge on any atom is 0.320 e. The molecular weight excluding hydrogens is 335 g/mol. The summed E-state index contributed by atoms with van der Waals surface area (Å²) in [6.45, 7) is 2.25. The van der Waals surface area contributed by atoms with Crippen molar-refractivity contribution in [3.8, 4) is 11.1 Å². The van der Waals surface area contributed by atoms with Crippen molar-refractivity contribution in [2.75, 3.05) is 11.9 Å². The molecule has 2 aromatic carbocycles. The molecule has 0 saturated heterocycles. The second kappa shape index (κ2) is 7.18. The van der Waals surface area contributed by atoms with Gasteiger partial charge in [-0.05, 0) is 36.2 Å². The fourth-order valence-electron chi connectivity index (χ4n) is 2.76. The van der Waals surface area contributed by atoms with Crippen molar-refractivity contribution in [2.24, 2.45) is 5.73 Å². The number of pyridine rings is 1. The number of aromatic nitrogens is 1. The van der Waals surface area contributed by atoms with Crippen LogP contribution < -0.4 is 16.4 Å². The molecule has 4 N–H and O–H groups in total. The second-order valence-electron chi connectivity index (χ2n) is 5.60.